The minimum absolute atomic E-state index is 0.144. The first-order valence-corrected chi connectivity index (χ1v) is 6.71. The van der Waals surface area contributed by atoms with Crippen LogP contribution in [0.4, 0.5) is 0 Å². The van der Waals surface area contributed by atoms with E-state index < -0.39 is 0 Å². The zero-order chi connectivity index (χ0) is 11.4. The highest BCUT2D eigenvalue weighted by atomic mass is 35.5. The van der Waals surface area contributed by atoms with Gasteiger partial charge in [-0.3, -0.25) is 4.79 Å². The van der Waals surface area contributed by atoms with E-state index in [0.29, 0.717) is 16.1 Å². The van der Waals surface area contributed by atoms with Gasteiger partial charge in [0.2, 0.25) is 0 Å². The molecule has 0 saturated carbocycles. The molecule has 3 nitrogen and oxygen atoms in total. The molecule has 0 aromatic carbocycles. The number of hydrogen-bond acceptors (Lipinski definition) is 3. The molecule has 2 rings (SSSR count). The van der Waals surface area contributed by atoms with Crippen molar-refractivity contribution in [1.29, 1.82) is 0 Å². The molecule has 86 valence electrons. The van der Waals surface area contributed by atoms with Gasteiger partial charge in [0.15, 0.2) is 0 Å². The maximum Gasteiger partial charge on any atom is 0.269 e. The second kappa shape index (κ2) is 5.55. The maximum absolute atomic E-state index is 11.7. The molecular formula is C11H13ClN2OS. The molecule has 1 atom stereocenters. The van der Waals surface area contributed by atoms with Crippen molar-refractivity contribution in [2.24, 2.45) is 0 Å². The molecule has 0 radical (unpaired) electrons. The van der Waals surface area contributed by atoms with Gasteiger partial charge in [0.05, 0.1) is 0 Å². The van der Waals surface area contributed by atoms with Crippen molar-refractivity contribution >= 4 is 29.3 Å². The van der Waals surface area contributed by atoms with Crippen LogP contribution >= 0.6 is 23.4 Å². The molecule has 1 aliphatic rings. The fourth-order valence-corrected chi connectivity index (χ4v) is 3.00. The third-order valence-corrected chi connectivity index (χ3v) is 4.07. The van der Waals surface area contributed by atoms with E-state index in [0.717, 1.165) is 6.54 Å². The normalized spacial score (nSPS) is 19.7. The van der Waals surface area contributed by atoms with Crippen molar-refractivity contribution < 1.29 is 4.79 Å². The molecule has 1 amide bonds. The fourth-order valence-electron chi connectivity index (χ4n) is 1.64. The Labute approximate surface area is 104 Å². The number of nitrogens with one attached hydrogen (secondary N) is 1. The van der Waals surface area contributed by atoms with Crippen LogP contribution in [0, 0.1) is 0 Å². The van der Waals surface area contributed by atoms with Crippen LogP contribution in [0.1, 0.15) is 23.3 Å². The summed E-state index contributed by atoms with van der Waals surface area (Å²) in [6.07, 6.45) is 2.44. The van der Waals surface area contributed by atoms with E-state index in [1.807, 2.05) is 11.8 Å². The molecule has 1 fully saturated rings. The molecule has 0 aliphatic carbocycles. The monoisotopic (exact) mass is 256 g/mol. The summed E-state index contributed by atoms with van der Waals surface area (Å²) in [7, 11) is 0. The number of aromatic nitrogens is 1. The predicted molar refractivity (Wildman–Crippen MR) is 67.1 cm³/mol. The molecule has 1 aromatic heterocycles. The van der Waals surface area contributed by atoms with Crippen molar-refractivity contribution in [2.75, 3.05) is 12.3 Å². The Kier molecular flexibility index (Phi) is 4.07. The molecule has 1 aliphatic heterocycles. The summed E-state index contributed by atoms with van der Waals surface area (Å²) in [5.41, 5.74) is 0.385. The van der Waals surface area contributed by atoms with Gasteiger partial charge in [-0.05, 0) is 30.7 Å². The Hall–Kier alpha value is -0.740. The van der Waals surface area contributed by atoms with Crippen molar-refractivity contribution in [2.45, 2.75) is 18.1 Å². The van der Waals surface area contributed by atoms with Crippen molar-refractivity contribution in [3.8, 4) is 0 Å². The maximum atomic E-state index is 11.7. The Balaban J connectivity index is 1.87. The minimum Gasteiger partial charge on any atom is -0.350 e. The first kappa shape index (κ1) is 11.7. The molecule has 16 heavy (non-hydrogen) atoms. The Morgan fingerprint density at radius 3 is 3.19 bits per heavy atom. The van der Waals surface area contributed by atoms with E-state index in [1.54, 1.807) is 18.2 Å². The lowest BCUT2D eigenvalue weighted by Crippen LogP contribution is -2.30. The first-order chi connectivity index (χ1) is 7.75. The number of thioether (sulfide) groups is 1. The summed E-state index contributed by atoms with van der Waals surface area (Å²) >= 11 is 7.64. The van der Waals surface area contributed by atoms with Gasteiger partial charge in [0.25, 0.3) is 5.91 Å². The second-order valence-corrected chi connectivity index (χ2v) is 5.49. The summed E-state index contributed by atoms with van der Waals surface area (Å²) < 4.78 is 0. The molecular weight excluding hydrogens is 244 g/mol. The SMILES string of the molecule is O=C(NCC1CCCS1)c1cccc(Cl)n1. The van der Waals surface area contributed by atoms with Gasteiger partial charge >= 0.3 is 0 Å². The van der Waals surface area contributed by atoms with E-state index in [4.69, 9.17) is 11.6 Å². The Bertz CT molecular complexity index is 380. The van der Waals surface area contributed by atoms with Crippen LogP contribution in [0.5, 0.6) is 0 Å². The molecule has 1 aromatic rings. The summed E-state index contributed by atoms with van der Waals surface area (Å²) in [6, 6.07) is 5.06. The van der Waals surface area contributed by atoms with Gasteiger partial charge in [-0.2, -0.15) is 11.8 Å². The van der Waals surface area contributed by atoms with Gasteiger partial charge in [-0.25, -0.2) is 4.98 Å². The zero-order valence-electron chi connectivity index (χ0n) is 8.78. The molecule has 5 heteroatoms. The molecule has 1 unspecified atom stereocenters. The van der Waals surface area contributed by atoms with Crippen molar-refractivity contribution in [3.05, 3.63) is 29.0 Å². The van der Waals surface area contributed by atoms with Crippen LogP contribution in [0.15, 0.2) is 18.2 Å². The van der Waals surface area contributed by atoms with Crippen LogP contribution in [0.2, 0.25) is 5.15 Å². The van der Waals surface area contributed by atoms with Gasteiger partial charge in [0.1, 0.15) is 10.8 Å². The number of nitrogens with zero attached hydrogens (tertiary/aromatic N) is 1. The van der Waals surface area contributed by atoms with E-state index in [2.05, 4.69) is 10.3 Å². The third kappa shape index (κ3) is 3.12. The second-order valence-electron chi connectivity index (χ2n) is 3.69. The predicted octanol–water partition coefficient (Wildman–Crippen LogP) is 2.36. The van der Waals surface area contributed by atoms with Crippen LogP contribution in [0.3, 0.4) is 0 Å². The van der Waals surface area contributed by atoms with Crippen molar-refractivity contribution in [1.82, 2.24) is 10.3 Å². The smallest absolute Gasteiger partial charge is 0.269 e. The fraction of sp³-hybridized carbons (Fsp3) is 0.455. The topological polar surface area (TPSA) is 42.0 Å². The molecule has 2 heterocycles. The quantitative estimate of drug-likeness (QED) is 0.845. The molecule has 1 saturated heterocycles. The number of pyridine rings is 1. The van der Waals surface area contributed by atoms with E-state index >= 15 is 0 Å². The van der Waals surface area contributed by atoms with Crippen molar-refractivity contribution in [3.63, 3.8) is 0 Å². The summed E-state index contributed by atoms with van der Waals surface area (Å²) in [4.78, 5) is 15.7. The largest absolute Gasteiger partial charge is 0.350 e. The summed E-state index contributed by atoms with van der Waals surface area (Å²) in [5, 5.41) is 3.80. The first-order valence-electron chi connectivity index (χ1n) is 5.28. The van der Waals surface area contributed by atoms with E-state index in [9.17, 15) is 4.79 Å². The number of hydrogen-bond donors (Lipinski definition) is 1. The van der Waals surface area contributed by atoms with E-state index in [1.165, 1.54) is 18.6 Å². The number of rotatable bonds is 3. The molecule has 0 spiro atoms. The number of amides is 1. The number of carbonyl (C=O) groups excluding carboxylic acids is 1. The average molecular weight is 257 g/mol. The standard InChI is InChI=1S/C11H13ClN2OS/c12-10-5-1-4-9(14-10)11(15)13-7-8-3-2-6-16-8/h1,4-5,8H,2-3,6-7H2,(H,13,15). The van der Waals surface area contributed by atoms with Gasteiger partial charge < -0.3 is 5.32 Å². The third-order valence-electron chi connectivity index (χ3n) is 2.46. The summed E-state index contributed by atoms with van der Waals surface area (Å²) in [5.74, 6) is 1.06. The molecule has 1 N–H and O–H groups in total. The molecule has 0 bridgehead atoms. The number of carbonyl (C=O) groups is 1. The van der Waals surface area contributed by atoms with Gasteiger partial charge in [-0.1, -0.05) is 17.7 Å². The van der Waals surface area contributed by atoms with Crippen LogP contribution < -0.4 is 5.32 Å². The van der Waals surface area contributed by atoms with E-state index in [-0.39, 0.29) is 5.91 Å². The van der Waals surface area contributed by atoms with Gasteiger partial charge in [0, 0.05) is 11.8 Å². The number of halogens is 1. The highest BCUT2D eigenvalue weighted by Crippen LogP contribution is 2.25. The van der Waals surface area contributed by atoms with Crippen LogP contribution in [0.25, 0.3) is 0 Å². The lowest BCUT2D eigenvalue weighted by atomic mass is 10.2. The lowest BCUT2D eigenvalue weighted by Gasteiger charge is -2.09. The van der Waals surface area contributed by atoms with Crippen LogP contribution in [-0.2, 0) is 0 Å². The average Bonchev–Trinajstić information content (AvgIpc) is 2.78. The minimum atomic E-state index is -0.144. The highest BCUT2D eigenvalue weighted by Gasteiger charge is 2.17. The van der Waals surface area contributed by atoms with Gasteiger partial charge in [-0.15, -0.1) is 0 Å². The Morgan fingerprint density at radius 1 is 1.62 bits per heavy atom. The van der Waals surface area contributed by atoms with Crippen LogP contribution in [-0.4, -0.2) is 28.4 Å². The Morgan fingerprint density at radius 2 is 2.50 bits per heavy atom. The zero-order valence-corrected chi connectivity index (χ0v) is 10.4. The summed E-state index contributed by atoms with van der Waals surface area (Å²) in [6.45, 7) is 0.720. The highest BCUT2D eigenvalue weighted by molar-refractivity contribution is 8.00. The lowest BCUT2D eigenvalue weighted by molar-refractivity contribution is 0.0948.